The van der Waals surface area contributed by atoms with Crippen LogP contribution in [-0.4, -0.2) is 9.97 Å². The van der Waals surface area contributed by atoms with Gasteiger partial charge in [-0.15, -0.1) is 11.3 Å². The van der Waals surface area contributed by atoms with E-state index >= 15 is 0 Å². The van der Waals surface area contributed by atoms with E-state index in [-0.39, 0.29) is 11.8 Å². The van der Waals surface area contributed by atoms with E-state index in [2.05, 4.69) is 16.0 Å². The molecule has 0 amide bonds. The molecule has 0 aliphatic rings. The van der Waals surface area contributed by atoms with Crippen LogP contribution in [0.2, 0.25) is 0 Å². The van der Waals surface area contributed by atoms with E-state index in [0.29, 0.717) is 0 Å². The average Bonchev–Trinajstić information content (AvgIpc) is 2.80. The molecule has 2 aromatic rings. The molecule has 86 valence electrons. The minimum atomic E-state index is -0.120. The molecule has 1 atom stereocenters. The fraction of sp³-hybridized carbons (Fsp3) is 0.308. The Morgan fingerprint density at radius 1 is 1.41 bits per heavy atom. The lowest BCUT2D eigenvalue weighted by Crippen LogP contribution is -2.03. The van der Waals surface area contributed by atoms with Gasteiger partial charge in [-0.25, -0.2) is 4.98 Å². The number of hydrogen-bond acceptors (Lipinski definition) is 4. The summed E-state index contributed by atoms with van der Waals surface area (Å²) in [7, 11) is 0. The maximum absolute atomic E-state index is 9.13. The number of aromatic nitrogens is 2. The van der Waals surface area contributed by atoms with Crippen LogP contribution in [0.4, 0.5) is 0 Å². The first-order chi connectivity index (χ1) is 8.22. The summed E-state index contributed by atoms with van der Waals surface area (Å²) in [4.78, 5) is 8.60. The summed E-state index contributed by atoms with van der Waals surface area (Å²) in [6.45, 7) is 4.08. The molecule has 4 heteroatoms. The molecule has 2 rings (SSSR count). The molecular weight excluding hydrogens is 230 g/mol. The molecule has 0 saturated carbocycles. The summed E-state index contributed by atoms with van der Waals surface area (Å²) in [6, 6.07) is 6.18. The van der Waals surface area contributed by atoms with E-state index < -0.39 is 0 Å². The average molecular weight is 243 g/mol. The normalized spacial score (nSPS) is 12.4. The predicted octanol–water partition coefficient (Wildman–Crippen LogP) is 3.47. The molecular formula is C13H13N3S. The number of hydrogen-bond donors (Lipinski definition) is 0. The second kappa shape index (κ2) is 5.07. The van der Waals surface area contributed by atoms with Crippen LogP contribution < -0.4 is 0 Å². The molecule has 3 nitrogen and oxygen atoms in total. The van der Waals surface area contributed by atoms with E-state index in [4.69, 9.17) is 5.26 Å². The first-order valence-corrected chi connectivity index (χ1v) is 6.35. The van der Waals surface area contributed by atoms with E-state index in [1.54, 1.807) is 23.7 Å². The molecule has 0 radical (unpaired) electrons. The Balaban J connectivity index is 2.31. The highest BCUT2D eigenvalue weighted by Crippen LogP contribution is 2.29. The molecule has 0 bridgehead atoms. The maximum atomic E-state index is 9.13. The van der Waals surface area contributed by atoms with E-state index in [1.165, 1.54) is 0 Å². The topological polar surface area (TPSA) is 49.6 Å². The summed E-state index contributed by atoms with van der Waals surface area (Å²) < 4.78 is 0. The van der Waals surface area contributed by atoms with Crippen molar-refractivity contribution in [2.75, 3.05) is 0 Å². The fourth-order valence-electron chi connectivity index (χ4n) is 1.57. The van der Waals surface area contributed by atoms with E-state index in [9.17, 15) is 0 Å². The zero-order chi connectivity index (χ0) is 12.3. The van der Waals surface area contributed by atoms with Gasteiger partial charge in [-0.3, -0.25) is 4.98 Å². The van der Waals surface area contributed by atoms with Crippen molar-refractivity contribution in [3.05, 3.63) is 34.9 Å². The highest BCUT2D eigenvalue weighted by atomic mass is 32.1. The van der Waals surface area contributed by atoms with Crippen molar-refractivity contribution < 1.29 is 0 Å². The maximum Gasteiger partial charge on any atom is 0.111 e. The quantitative estimate of drug-likeness (QED) is 0.829. The third-order valence-electron chi connectivity index (χ3n) is 2.55. The lowest BCUT2D eigenvalue weighted by atomic mass is 9.98. The minimum Gasteiger partial charge on any atom is -0.264 e. The Labute approximate surface area is 105 Å². The summed E-state index contributed by atoms with van der Waals surface area (Å²) in [5.41, 5.74) is 1.90. The summed E-state index contributed by atoms with van der Waals surface area (Å²) in [5.74, 6) is 0.165. The molecule has 0 spiro atoms. The molecule has 0 aromatic carbocycles. The molecule has 0 N–H and O–H groups in total. The van der Waals surface area contributed by atoms with Gasteiger partial charge in [0.1, 0.15) is 10.9 Å². The predicted molar refractivity (Wildman–Crippen MR) is 68.5 cm³/mol. The number of rotatable bonds is 3. The fourth-order valence-corrected chi connectivity index (χ4v) is 2.61. The van der Waals surface area contributed by atoms with Crippen LogP contribution in [0.3, 0.4) is 0 Å². The van der Waals surface area contributed by atoms with Gasteiger partial charge in [-0.1, -0.05) is 13.8 Å². The molecule has 0 fully saturated rings. The third kappa shape index (κ3) is 2.51. The van der Waals surface area contributed by atoms with Crippen LogP contribution in [0, 0.1) is 17.2 Å². The van der Waals surface area contributed by atoms with Crippen LogP contribution in [0.5, 0.6) is 0 Å². The smallest absolute Gasteiger partial charge is 0.111 e. The number of thiazole rings is 1. The Morgan fingerprint density at radius 3 is 2.82 bits per heavy atom. The second-order valence-corrected chi connectivity index (χ2v) is 5.05. The first-order valence-electron chi connectivity index (χ1n) is 5.48. The number of pyridine rings is 1. The largest absolute Gasteiger partial charge is 0.264 e. The highest BCUT2D eigenvalue weighted by molar-refractivity contribution is 7.10. The van der Waals surface area contributed by atoms with Gasteiger partial charge in [0.2, 0.25) is 0 Å². The molecule has 1 unspecified atom stereocenters. The molecule has 2 aromatic heterocycles. The van der Waals surface area contributed by atoms with Gasteiger partial charge in [0, 0.05) is 23.3 Å². The monoisotopic (exact) mass is 243 g/mol. The second-order valence-electron chi connectivity index (χ2n) is 4.16. The molecule has 0 aliphatic heterocycles. The molecule has 0 aliphatic carbocycles. The Kier molecular flexibility index (Phi) is 3.50. The number of nitriles is 1. The van der Waals surface area contributed by atoms with Gasteiger partial charge in [0.05, 0.1) is 11.8 Å². The van der Waals surface area contributed by atoms with Gasteiger partial charge in [0.25, 0.3) is 0 Å². The van der Waals surface area contributed by atoms with Gasteiger partial charge in [-0.05, 0) is 18.1 Å². The molecule has 0 saturated heterocycles. The lowest BCUT2D eigenvalue weighted by molar-refractivity contribution is 0.585. The SMILES string of the molecule is CC(C)C(C#N)c1nc(-c2cccnc2)cs1. The van der Waals surface area contributed by atoms with E-state index in [1.807, 2.05) is 31.4 Å². The summed E-state index contributed by atoms with van der Waals surface area (Å²) in [5, 5.41) is 12.0. The lowest BCUT2D eigenvalue weighted by Gasteiger charge is -2.08. The molecule has 2 heterocycles. The van der Waals surface area contributed by atoms with Crippen molar-refractivity contribution in [2.45, 2.75) is 19.8 Å². The highest BCUT2D eigenvalue weighted by Gasteiger charge is 2.19. The van der Waals surface area contributed by atoms with Crippen LogP contribution in [0.25, 0.3) is 11.3 Å². The van der Waals surface area contributed by atoms with E-state index in [0.717, 1.165) is 16.3 Å². The van der Waals surface area contributed by atoms with Crippen LogP contribution in [0.15, 0.2) is 29.9 Å². The minimum absolute atomic E-state index is 0.120. The Bertz CT molecular complexity index is 525. The van der Waals surface area contributed by atoms with Gasteiger partial charge >= 0.3 is 0 Å². The third-order valence-corrected chi connectivity index (χ3v) is 3.48. The van der Waals surface area contributed by atoms with Crippen molar-refractivity contribution in [3.8, 4) is 17.3 Å². The molecule has 17 heavy (non-hydrogen) atoms. The number of nitrogens with zero attached hydrogens (tertiary/aromatic N) is 3. The standard InChI is InChI=1S/C13H13N3S/c1-9(2)11(6-14)13-16-12(8-17-13)10-4-3-5-15-7-10/h3-5,7-9,11H,1-2H3. The summed E-state index contributed by atoms with van der Waals surface area (Å²) in [6.07, 6.45) is 3.53. The first kappa shape index (κ1) is 11.7. The summed E-state index contributed by atoms with van der Waals surface area (Å²) >= 11 is 1.54. The van der Waals surface area contributed by atoms with Crippen LogP contribution in [0.1, 0.15) is 24.8 Å². The van der Waals surface area contributed by atoms with Crippen molar-refractivity contribution in [3.63, 3.8) is 0 Å². The van der Waals surface area contributed by atoms with Crippen molar-refractivity contribution in [2.24, 2.45) is 5.92 Å². The van der Waals surface area contributed by atoms with Crippen LogP contribution in [-0.2, 0) is 0 Å². The van der Waals surface area contributed by atoms with Gasteiger partial charge in [0.15, 0.2) is 0 Å². The van der Waals surface area contributed by atoms with Crippen molar-refractivity contribution in [1.82, 2.24) is 9.97 Å². The Hall–Kier alpha value is -1.73. The zero-order valence-electron chi connectivity index (χ0n) is 9.79. The zero-order valence-corrected chi connectivity index (χ0v) is 10.6. The van der Waals surface area contributed by atoms with Crippen molar-refractivity contribution in [1.29, 1.82) is 5.26 Å². The van der Waals surface area contributed by atoms with Crippen LogP contribution >= 0.6 is 11.3 Å². The van der Waals surface area contributed by atoms with Gasteiger partial charge < -0.3 is 0 Å². The van der Waals surface area contributed by atoms with Crippen molar-refractivity contribution >= 4 is 11.3 Å². The Morgan fingerprint density at radius 2 is 2.24 bits per heavy atom. The van der Waals surface area contributed by atoms with Gasteiger partial charge in [-0.2, -0.15) is 5.26 Å².